The second-order valence-corrected chi connectivity index (χ2v) is 23.1. The fourth-order valence-electron chi connectivity index (χ4n) is 8.72. The van der Waals surface area contributed by atoms with Gasteiger partial charge in [0.05, 0.1) is 40.3 Å². The number of aromatic hydroxyl groups is 1. The maximum Gasteiger partial charge on any atom is 0.435 e. The molecule has 27 heteroatoms. The summed E-state index contributed by atoms with van der Waals surface area (Å²) in [6, 6.07) is 9.73. The van der Waals surface area contributed by atoms with Gasteiger partial charge in [0, 0.05) is 34.9 Å². The van der Waals surface area contributed by atoms with E-state index in [2.05, 4.69) is 32.3 Å². The minimum Gasteiger partial charge on any atom is -0.508 e. The number of pyridine rings is 1. The highest BCUT2D eigenvalue weighted by atomic mass is 35.5. The lowest BCUT2D eigenvalue weighted by Gasteiger charge is -2.23. The first kappa shape index (κ1) is 53.6. The number of aromatic nitrogens is 5. The van der Waals surface area contributed by atoms with Crippen molar-refractivity contribution in [1.29, 1.82) is 0 Å². The number of sulfone groups is 1. The van der Waals surface area contributed by atoms with Crippen LogP contribution in [0.3, 0.4) is 0 Å². The third kappa shape index (κ3) is 10.6. The van der Waals surface area contributed by atoms with Gasteiger partial charge in [0.1, 0.15) is 46.6 Å². The number of carbonyl (C=O) groups excluding carboxylic acids is 2. The third-order valence-corrected chi connectivity index (χ3v) is 15.7. The number of phenolic OH excluding ortho intramolecular Hbond substituents is 1. The Morgan fingerprint density at radius 2 is 1.54 bits per heavy atom. The molecule has 392 valence electrons. The van der Waals surface area contributed by atoms with E-state index in [1.54, 1.807) is 0 Å². The van der Waals surface area contributed by atoms with Crippen LogP contribution in [0.15, 0.2) is 66.7 Å². The van der Waals surface area contributed by atoms with Crippen molar-refractivity contribution in [1.82, 2.24) is 29.9 Å². The summed E-state index contributed by atoms with van der Waals surface area (Å²) < 4.78 is 199. The van der Waals surface area contributed by atoms with Crippen LogP contribution in [0.2, 0.25) is 5.02 Å². The van der Waals surface area contributed by atoms with Gasteiger partial charge in [0.25, 0.3) is 5.92 Å². The summed E-state index contributed by atoms with van der Waals surface area (Å²) in [5.74, 6) is -7.43. The molecule has 1 unspecified atom stereocenters. The fraction of sp³-hybridized carbons (Fsp3) is 0.340. The van der Waals surface area contributed by atoms with Crippen LogP contribution in [0.1, 0.15) is 71.7 Å². The molecule has 0 radical (unpaired) electrons. The average Bonchev–Trinajstić information content (AvgIpc) is 3.78. The molecule has 2 aliphatic rings. The van der Waals surface area contributed by atoms with Crippen LogP contribution in [0, 0.1) is 29.4 Å². The van der Waals surface area contributed by atoms with Gasteiger partial charge in [-0.15, -0.1) is 0 Å². The molecule has 6 aromatic rings. The molecule has 8 rings (SSSR count). The van der Waals surface area contributed by atoms with Gasteiger partial charge < -0.3 is 10.4 Å². The highest BCUT2D eigenvalue weighted by Crippen LogP contribution is 2.68. The molecule has 3 aromatic heterocycles. The van der Waals surface area contributed by atoms with Gasteiger partial charge >= 0.3 is 12.4 Å². The molecule has 2 amide bonds. The molecular formula is C47H38ClF10N7O7S2. The summed E-state index contributed by atoms with van der Waals surface area (Å²) in [6.07, 6.45) is -10.6. The van der Waals surface area contributed by atoms with E-state index in [9.17, 15) is 66.7 Å². The van der Waals surface area contributed by atoms with E-state index in [1.807, 2.05) is 0 Å². The van der Waals surface area contributed by atoms with Gasteiger partial charge in [0.2, 0.25) is 21.8 Å². The summed E-state index contributed by atoms with van der Waals surface area (Å²) in [4.78, 5) is 32.7. The van der Waals surface area contributed by atoms with Crippen LogP contribution >= 0.6 is 11.6 Å². The number of carbonyl (C=O) groups is 2. The first-order valence-corrected chi connectivity index (χ1v) is 25.9. The van der Waals surface area contributed by atoms with Crippen molar-refractivity contribution in [2.45, 2.75) is 81.2 Å². The lowest BCUT2D eigenvalue weighted by molar-refractivity contribution is -0.143. The molecule has 3 heterocycles. The average molecular weight is 1100 g/mol. The van der Waals surface area contributed by atoms with Gasteiger partial charge in [-0.1, -0.05) is 35.7 Å². The minimum atomic E-state index is -5.23. The van der Waals surface area contributed by atoms with Crippen molar-refractivity contribution in [3.05, 3.63) is 123 Å². The molecule has 1 fully saturated rings. The number of nitrogens with zero attached hydrogens (tertiary/aromatic N) is 6. The van der Waals surface area contributed by atoms with Crippen LogP contribution in [-0.4, -0.2) is 81.7 Å². The van der Waals surface area contributed by atoms with E-state index in [0.29, 0.717) is 12.3 Å². The Morgan fingerprint density at radius 3 is 2.14 bits per heavy atom. The number of nitrogens with one attached hydrogen (secondary N) is 1. The first-order chi connectivity index (χ1) is 34.1. The van der Waals surface area contributed by atoms with E-state index in [0.717, 1.165) is 42.7 Å². The minimum absolute atomic E-state index is 0.122. The highest BCUT2D eigenvalue weighted by molar-refractivity contribution is 7.93. The number of hydrogen-bond donors (Lipinski definition) is 2. The largest absolute Gasteiger partial charge is 0.508 e. The van der Waals surface area contributed by atoms with Gasteiger partial charge in [-0.2, -0.15) is 49.6 Å². The molecule has 2 aliphatic carbocycles. The lowest BCUT2D eigenvalue weighted by Crippen LogP contribution is -2.38. The van der Waals surface area contributed by atoms with Gasteiger partial charge in [0.15, 0.2) is 21.3 Å². The number of halogens is 11. The number of rotatable bonds is 13. The number of benzene rings is 3. The zero-order valence-electron chi connectivity index (χ0n) is 38.7. The molecule has 2 N–H and O–H groups in total. The van der Waals surface area contributed by atoms with Crippen molar-refractivity contribution in [3.8, 4) is 28.7 Å². The van der Waals surface area contributed by atoms with Crippen LogP contribution in [0.4, 0.5) is 49.7 Å². The van der Waals surface area contributed by atoms with Crippen molar-refractivity contribution in [3.63, 3.8) is 0 Å². The number of amides is 2. The second kappa shape index (κ2) is 18.6. The molecule has 3 aromatic carbocycles. The summed E-state index contributed by atoms with van der Waals surface area (Å²) in [6.45, 7) is -0.801. The number of sulfonamides is 1. The second-order valence-electron chi connectivity index (χ2n) is 18.3. The number of fused-ring (bicyclic) bond motifs is 4. The Kier molecular flexibility index (Phi) is 13.5. The zero-order valence-corrected chi connectivity index (χ0v) is 41.1. The summed E-state index contributed by atoms with van der Waals surface area (Å²) in [7, 11) is -8.71. The van der Waals surface area contributed by atoms with Crippen LogP contribution in [0.25, 0.3) is 22.0 Å². The number of hydrogen-bond acceptors (Lipinski definition) is 10. The predicted molar refractivity (Wildman–Crippen MR) is 247 cm³/mol. The predicted octanol–water partition coefficient (Wildman–Crippen LogP) is 8.53. The highest BCUT2D eigenvalue weighted by Gasteiger charge is 2.68. The van der Waals surface area contributed by atoms with Crippen LogP contribution in [-0.2, 0) is 67.5 Å². The Bertz CT molecular complexity index is 3570. The lowest BCUT2D eigenvalue weighted by atomic mass is 9.93. The van der Waals surface area contributed by atoms with Gasteiger partial charge in [-0.05, 0) is 92.1 Å². The van der Waals surface area contributed by atoms with E-state index in [4.69, 9.17) is 11.6 Å². The van der Waals surface area contributed by atoms with E-state index >= 15 is 8.78 Å². The Labute approximate surface area is 419 Å². The number of anilines is 1. The Morgan fingerprint density at radius 1 is 0.905 bits per heavy atom. The molecule has 0 spiro atoms. The molecule has 0 aliphatic heterocycles. The molecule has 3 atom stereocenters. The van der Waals surface area contributed by atoms with Crippen molar-refractivity contribution in [2.75, 3.05) is 16.8 Å². The number of alkyl halides is 8. The molecule has 1 saturated carbocycles. The first-order valence-electron chi connectivity index (χ1n) is 21.8. The molecule has 0 saturated heterocycles. The Balaban J connectivity index is 1.36. The third-order valence-electron chi connectivity index (χ3n) is 12.4. The van der Waals surface area contributed by atoms with E-state index < -0.39 is 155 Å². The smallest absolute Gasteiger partial charge is 0.435 e. The topological polar surface area (TPSA) is 186 Å². The standard InChI is InChI=1S/C47H38ClF10N7O7S2/c1-44(2,73(3,69)70)14-13-27-7-10-29(30-11-12-33(48)38-40(30)64(22-45(51,52)53)62-43(38)65(74(4,71)72)36(68)18-23-5-8-28(66)9-6-23)39(59-27)34(17-24-15-25(49)19-26(50)16-24)60-35(67)21-63-42-37(41(61-63)47(56,57)58)31-20-32(31)46(42,54)55/h5-12,15-16,19,31-32,34,66H,17-18,20-22H2,1-4H3,(H,60,67)/t31-,32?,34-/m0/s1. The zero-order chi connectivity index (χ0) is 54.4. The van der Waals surface area contributed by atoms with Crippen LogP contribution < -0.4 is 9.62 Å². The van der Waals surface area contributed by atoms with Crippen molar-refractivity contribution < 1.29 is 75.4 Å². The summed E-state index contributed by atoms with van der Waals surface area (Å²) in [5, 5.41) is 18.5. The van der Waals surface area contributed by atoms with Crippen molar-refractivity contribution in [2.24, 2.45) is 5.92 Å². The molecule has 14 nitrogen and oxygen atoms in total. The van der Waals surface area contributed by atoms with Gasteiger partial charge in [-0.25, -0.2) is 30.6 Å². The van der Waals surface area contributed by atoms with E-state index in [1.165, 1.54) is 38.1 Å². The Hall–Kier alpha value is -6.72. The number of phenols is 1. The van der Waals surface area contributed by atoms with E-state index in [-0.39, 0.29) is 53.8 Å². The SMILES string of the molecule is CC(C)(C#Cc1ccc(-c2ccc(Cl)c3c(N(C(=O)Cc4ccc(O)cc4)S(C)(=O)=O)nn(CC(F)(F)F)c23)c([C@H](Cc2cc(F)cc(F)c2)NC(=O)Cn2nc(C(F)(F)F)c3c2C(F)(F)C2C[C@H]32)n1)S(C)(=O)=O. The molecule has 74 heavy (non-hydrogen) atoms. The maximum atomic E-state index is 15.6. The summed E-state index contributed by atoms with van der Waals surface area (Å²) >= 11 is 6.68. The monoisotopic (exact) mass is 1100 g/mol. The maximum absolute atomic E-state index is 15.6. The normalized spacial score (nSPS) is 16.8. The van der Waals surface area contributed by atoms with Crippen LogP contribution in [0.5, 0.6) is 5.75 Å². The fourth-order valence-corrected chi connectivity index (χ4v) is 10.1. The molecular weight excluding hydrogens is 1060 g/mol. The van der Waals surface area contributed by atoms with Crippen molar-refractivity contribution >= 4 is 60.0 Å². The molecule has 0 bridgehead atoms. The quantitative estimate of drug-likeness (QED) is 0.0839. The summed E-state index contributed by atoms with van der Waals surface area (Å²) in [5.41, 5.74) is -5.71. The van der Waals surface area contributed by atoms with Gasteiger partial charge in [-0.3, -0.25) is 19.0 Å².